The summed E-state index contributed by atoms with van der Waals surface area (Å²) in [6.45, 7) is 4.31. The van der Waals surface area contributed by atoms with Gasteiger partial charge in [-0.3, -0.25) is 4.79 Å². The number of aromatic nitrogens is 2. The molecule has 4 aromatic rings. The molecule has 0 aliphatic carbocycles. The third-order valence-corrected chi connectivity index (χ3v) is 4.94. The Bertz CT molecular complexity index is 1220. The fourth-order valence-electron chi connectivity index (χ4n) is 3.39. The van der Waals surface area contributed by atoms with E-state index in [2.05, 4.69) is 31.0 Å². The van der Waals surface area contributed by atoms with Crippen LogP contribution in [0.3, 0.4) is 0 Å². The van der Waals surface area contributed by atoms with E-state index < -0.39 is 0 Å². The quantitative estimate of drug-likeness (QED) is 0.493. The number of hydrogen-bond donors (Lipinski definition) is 2. The highest BCUT2D eigenvalue weighted by atomic mass is 16.5. The Morgan fingerprint density at radius 3 is 2.68 bits per heavy atom. The number of nitrogens with one attached hydrogen (secondary N) is 1. The molecule has 28 heavy (non-hydrogen) atoms. The van der Waals surface area contributed by atoms with E-state index in [1.165, 1.54) is 5.56 Å². The number of nitrogens with zero attached hydrogens (tertiary/aromatic N) is 1. The van der Waals surface area contributed by atoms with Crippen molar-refractivity contribution in [3.05, 3.63) is 76.8 Å². The molecule has 0 aliphatic heterocycles. The molecule has 3 N–H and O–H groups in total. The lowest BCUT2D eigenvalue weighted by atomic mass is 10.0. The maximum absolute atomic E-state index is 12.4. The van der Waals surface area contributed by atoms with Crippen molar-refractivity contribution < 1.29 is 4.74 Å². The van der Waals surface area contributed by atoms with Gasteiger partial charge in [-0.2, -0.15) is 0 Å². The molecule has 0 saturated carbocycles. The van der Waals surface area contributed by atoms with Gasteiger partial charge in [0.1, 0.15) is 17.0 Å². The van der Waals surface area contributed by atoms with Gasteiger partial charge in [0.05, 0.1) is 0 Å². The minimum Gasteiger partial charge on any atom is -0.457 e. The third-order valence-electron chi connectivity index (χ3n) is 4.94. The average molecular weight is 373 g/mol. The van der Waals surface area contributed by atoms with Gasteiger partial charge in [0.15, 0.2) is 0 Å². The lowest BCUT2D eigenvalue weighted by molar-refractivity contribution is 0.483. The van der Waals surface area contributed by atoms with Gasteiger partial charge in [-0.1, -0.05) is 26.0 Å². The Labute approximate surface area is 163 Å². The maximum atomic E-state index is 12.4. The Balaban J connectivity index is 1.87. The number of nitrogen functional groups attached to an aromatic ring is 1. The first kappa shape index (κ1) is 17.9. The predicted octanol–water partition coefficient (Wildman–Crippen LogP) is 5.03. The molecule has 2 heterocycles. The second-order valence-corrected chi connectivity index (χ2v) is 7.31. The number of aromatic amines is 1. The fourth-order valence-corrected chi connectivity index (χ4v) is 3.39. The summed E-state index contributed by atoms with van der Waals surface area (Å²) in [4.78, 5) is 15.4. The van der Waals surface area contributed by atoms with E-state index in [-0.39, 0.29) is 5.56 Å². The highest BCUT2D eigenvalue weighted by molar-refractivity contribution is 5.96. The van der Waals surface area contributed by atoms with Crippen molar-refractivity contribution in [2.45, 2.75) is 19.8 Å². The van der Waals surface area contributed by atoms with Gasteiger partial charge in [-0.15, -0.1) is 0 Å². The van der Waals surface area contributed by atoms with Crippen LogP contribution in [-0.4, -0.2) is 9.55 Å². The van der Waals surface area contributed by atoms with Gasteiger partial charge in [-0.25, -0.2) is 0 Å². The van der Waals surface area contributed by atoms with Gasteiger partial charge in [0, 0.05) is 41.6 Å². The highest BCUT2D eigenvalue weighted by Gasteiger charge is 2.15. The summed E-state index contributed by atoms with van der Waals surface area (Å²) in [6.07, 6.45) is 3.60. The monoisotopic (exact) mass is 373 g/mol. The molecule has 0 bridgehead atoms. The smallest absolute Gasteiger partial charge is 0.274 e. The van der Waals surface area contributed by atoms with Gasteiger partial charge in [0.25, 0.3) is 5.56 Å². The van der Waals surface area contributed by atoms with Gasteiger partial charge >= 0.3 is 0 Å². The summed E-state index contributed by atoms with van der Waals surface area (Å²) in [7, 11) is 1.74. The molecule has 0 atom stereocenters. The first-order valence-electron chi connectivity index (χ1n) is 9.28. The summed E-state index contributed by atoms with van der Waals surface area (Å²) in [6, 6.07) is 15.6. The largest absolute Gasteiger partial charge is 0.457 e. The number of benzene rings is 2. The van der Waals surface area contributed by atoms with Crippen LogP contribution < -0.4 is 16.0 Å². The molecule has 142 valence electrons. The summed E-state index contributed by atoms with van der Waals surface area (Å²) >= 11 is 0. The molecule has 0 fully saturated rings. The number of pyridine rings is 1. The van der Waals surface area contributed by atoms with Crippen molar-refractivity contribution in [1.82, 2.24) is 9.55 Å². The number of fused-ring (bicyclic) bond motifs is 1. The van der Waals surface area contributed by atoms with E-state index in [1.807, 2.05) is 42.6 Å². The number of H-pyrrole nitrogens is 1. The number of nitrogens with two attached hydrogens (primary N) is 1. The molecule has 4 rings (SSSR count). The first-order chi connectivity index (χ1) is 13.4. The minimum atomic E-state index is -0.0697. The van der Waals surface area contributed by atoms with Crippen molar-refractivity contribution >= 4 is 16.6 Å². The van der Waals surface area contributed by atoms with Crippen molar-refractivity contribution in [3.63, 3.8) is 0 Å². The van der Waals surface area contributed by atoms with Crippen LogP contribution in [0.15, 0.2) is 65.7 Å². The number of ether oxygens (including phenoxy) is 1. The lowest BCUT2D eigenvalue weighted by Gasteiger charge is -2.15. The highest BCUT2D eigenvalue weighted by Crippen LogP contribution is 2.38. The third kappa shape index (κ3) is 3.16. The van der Waals surface area contributed by atoms with Crippen LogP contribution in [0.5, 0.6) is 11.5 Å². The normalized spacial score (nSPS) is 11.3. The summed E-state index contributed by atoms with van der Waals surface area (Å²) in [5.41, 5.74) is 10.2. The minimum absolute atomic E-state index is 0.0697. The molecule has 5 heteroatoms. The molecule has 0 unspecified atom stereocenters. The van der Waals surface area contributed by atoms with E-state index in [9.17, 15) is 4.79 Å². The van der Waals surface area contributed by atoms with Crippen molar-refractivity contribution in [3.8, 4) is 22.6 Å². The Morgan fingerprint density at radius 1 is 1.07 bits per heavy atom. The van der Waals surface area contributed by atoms with Crippen LogP contribution in [0, 0.1) is 0 Å². The zero-order valence-corrected chi connectivity index (χ0v) is 16.2. The fraction of sp³-hybridized carbons (Fsp3) is 0.174. The molecule has 0 radical (unpaired) electrons. The molecule has 5 nitrogen and oxygen atoms in total. The van der Waals surface area contributed by atoms with E-state index in [0.29, 0.717) is 22.9 Å². The van der Waals surface area contributed by atoms with Crippen molar-refractivity contribution in [1.29, 1.82) is 0 Å². The van der Waals surface area contributed by atoms with Crippen LogP contribution in [-0.2, 0) is 7.05 Å². The predicted molar refractivity (Wildman–Crippen MR) is 114 cm³/mol. The van der Waals surface area contributed by atoms with Crippen molar-refractivity contribution in [2.24, 2.45) is 7.05 Å². The second-order valence-electron chi connectivity index (χ2n) is 7.31. The van der Waals surface area contributed by atoms with Crippen LogP contribution in [0.25, 0.3) is 22.0 Å². The summed E-state index contributed by atoms with van der Waals surface area (Å²) < 4.78 is 7.82. The maximum Gasteiger partial charge on any atom is 0.274 e. The molecule has 0 aliphatic rings. The summed E-state index contributed by atoms with van der Waals surface area (Å²) in [5.74, 6) is 1.88. The summed E-state index contributed by atoms with van der Waals surface area (Å²) in [5, 5.41) is 0.842. The van der Waals surface area contributed by atoms with Crippen LogP contribution >= 0.6 is 0 Å². The zero-order valence-electron chi connectivity index (χ0n) is 16.2. The van der Waals surface area contributed by atoms with Crippen LogP contribution in [0.2, 0.25) is 0 Å². The molecular formula is C23H23N3O2. The Morgan fingerprint density at radius 2 is 1.89 bits per heavy atom. The molecule has 0 spiro atoms. The Kier molecular flexibility index (Phi) is 4.43. The SMILES string of the molecule is CC(C)c1cccc(Oc2ccc(N)cc2-c2cn(C)c(=O)c3[nH]ccc23)c1. The van der Waals surface area contributed by atoms with E-state index in [4.69, 9.17) is 10.5 Å². The average Bonchev–Trinajstić information content (AvgIpc) is 3.16. The Hall–Kier alpha value is -3.47. The van der Waals surface area contributed by atoms with Crippen LogP contribution in [0.4, 0.5) is 5.69 Å². The number of rotatable bonds is 4. The number of aryl methyl sites for hydroxylation is 1. The zero-order chi connectivity index (χ0) is 19.8. The van der Waals surface area contributed by atoms with Gasteiger partial charge in [-0.05, 0) is 47.9 Å². The van der Waals surface area contributed by atoms with E-state index >= 15 is 0 Å². The standard InChI is InChI=1S/C23H23N3O2/c1-14(2)15-5-4-6-17(11-15)28-21-8-7-16(24)12-19(21)20-13-26(3)23(27)22-18(20)9-10-25-22/h4-14,25H,24H2,1-3H3. The molecular weight excluding hydrogens is 350 g/mol. The first-order valence-corrected chi connectivity index (χ1v) is 9.28. The van der Waals surface area contributed by atoms with E-state index in [1.54, 1.807) is 17.8 Å². The lowest BCUT2D eigenvalue weighted by Crippen LogP contribution is -2.16. The number of hydrogen-bond acceptors (Lipinski definition) is 3. The molecule has 0 amide bonds. The molecule has 2 aromatic carbocycles. The van der Waals surface area contributed by atoms with Crippen molar-refractivity contribution in [2.75, 3.05) is 5.73 Å². The van der Waals surface area contributed by atoms with Gasteiger partial charge in [0.2, 0.25) is 0 Å². The molecule has 0 saturated heterocycles. The van der Waals surface area contributed by atoms with Gasteiger partial charge < -0.3 is 20.0 Å². The topological polar surface area (TPSA) is 73.0 Å². The molecule has 2 aromatic heterocycles. The number of anilines is 1. The van der Waals surface area contributed by atoms with Crippen LogP contribution in [0.1, 0.15) is 25.3 Å². The van der Waals surface area contributed by atoms with E-state index in [0.717, 1.165) is 22.3 Å². The second kappa shape index (κ2) is 6.93.